The van der Waals surface area contributed by atoms with E-state index in [-0.39, 0.29) is 6.04 Å². The molecular weight excluding hydrogens is 262 g/mol. The second kappa shape index (κ2) is 6.20. The fourth-order valence-electron chi connectivity index (χ4n) is 5.71. The number of hydrogen-bond donors (Lipinski definition) is 0. The van der Waals surface area contributed by atoms with E-state index in [9.17, 15) is 9.59 Å². The highest BCUT2D eigenvalue weighted by molar-refractivity contribution is 5.58. The lowest BCUT2D eigenvalue weighted by Crippen LogP contribution is -2.58. The first-order chi connectivity index (χ1) is 10.2. The summed E-state index contributed by atoms with van der Waals surface area (Å²) in [6, 6.07) is 0.719. The Morgan fingerprint density at radius 2 is 1.95 bits per heavy atom. The van der Waals surface area contributed by atoms with Crippen molar-refractivity contribution in [1.82, 2.24) is 4.90 Å². The van der Waals surface area contributed by atoms with Gasteiger partial charge in [-0.1, -0.05) is 26.7 Å². The maximum atomic E-state index is 11.5. The molecule has 21 heavy (non-hydrogen) atoms. The molecule has 3 aliphatic rings. The number of carbonyl (C=O) groups excluding carboxylic acids is 2. The first-order valence-electron chi connectivity index (χ1n) is 8.91. The molecule has 7 atom stereocenters. The zero-order chi connectivity index (χ0) is 15.0. The molecule has 0 spiro atoms. The van der Waals surface area contributed by atoms with Gasteiger partial charge in [0.25, 0.3) is 0 Å². The van der Waals surface area contributed by atoms with Crippen molar-refractivity contribution in [2.45, 2.75) is 64.5 Å². The topological polar surface area (TPSA) is 37.4 Å². The number of nitrogens with zero attached hydrogens (tertiary/aromatic N) is 1. The van der Waals surface area contributed by atoms with Crippen LogP contribution in [-0.4, -0.2) is 36.1 Å². The van der Waals surface area contributed by atoms with Crippen molar-refractivity contribution in [3.63, 3.8) is 0 Å². The van der Waals surface area contributed by atoms with Crippen LogP contribution in [0.5, 0.6) is 0 Å². The van der Waals surface area contributed by atoms with Crippen LogP contribution in [0, 0.1) is 29.6 Å². The van der Waals surface area contributed by atoms with Crippen LogP contribution in [-0.2, 0) is 9.59 Å². The standard InChI is InChI=1S/C18H29NO2/c1-3-5-6-14(11-21)19(4-2)17-9-16-15-8-12(18(16)17)7-13(15)10-20/h10-18H,3-9H2,1-2H3. The van der Waals surface area contributed by atoms with Crippen molar-refractivity contribution in [2.24, 2.45) is 29.6 Å². The maximum absolute atomic E-state index is 11.5. The highest BCUT2D eigenvalue weighted by atomic mass is 16.1. The number of likely N-dealkylation sites (N-methyl/N-ethyl adjacent to an activating group) is 1. The van der Waals surface area contributed by atoms with Gasteiger partial charge < -0.3 is 9.59 Å². The van der Waals surface area contributed by atoms with Gasteiger partial charge in [0.1, 0.15) is 12.6 Å². The molecule has 3 saturated carbocycles. The van der Waals surface area contributed by atoms with Gasteiger partial charge in [0, 0.05) is 12.0 Å². The Kier molecular flexibility index (Phi) is 4.49. The second-order valence-corrected chi connectivity index (χ2v) is 7.42. The number of hydrogen-bond acceptors (Lipinski definition) is 3. The third-order valence-corrected chi connectivity index (χ3v) is 6.65. The Morgan fingerprint density at radius 3 is 2.52 bits per heavy atom. The molecule has 0 radical (unpaired) electrons. The molecule has 7 unspecified atom stereocenters. The van der Waals surface area contributed by atoms with E-state index in [2.05, 4.69) is 18.7 Å². The van der Waals surface area contributed by atoms with Crippen molar-refractivity contribution < 1.29 is 9.59 Å². The first-order valence-corrected chi connectivity index (χ1v) is 8.91. The summed E-state index contributed by atoms with van der Waals surface area (Å²) in [5.74, 6) is 3.31. The van der Waals surface area contributed by atoms with Crippen LogP contribution >= 0.6 is 0 Å². The molecule has 3 rings (SSSR count). The lowest BCUT2D eigenvalue weighted by atomic mass is 9.59. The van der Waals surface area contributed by atoms with Gasteiger partial charge in [0.05, 0.1) is 6.04 Å². The summed E-state index contributed by atoms with van der Waals surface area (Å²) < 4.78 is 0. The van der Waals surface area contributed by atoms with E-state index < -0.39 is 0 Å². The molecular formula is C18H29NO2. The van der Waals surface area contributed by atoms with Crippen LogP contribution in [0.2, 0.25) is 0 Å². The number of aldehydes is 2. The summed E-state index contributed by atoms with van der Waals surface area (Å²) in [5, 5.41) is 0. The first kappa shape index (κ1) is 15.2. The predicted octanol–water partition coefficient (Wildman–Crippen LogP) is 2.93. The van der Waals surface area contributed by atoms with Crippen LogP contribution in [0.15, 0.2) is 0 Å². The Bertz CT molecular complexity index is 395. The molecule has 3 fully saturated rings. The molecule has 2 bridgehead atoms. The summed E-state index contributed by atoms with van der Waals surface area (Å²) in [6.45, 7) is 5.36. The van der Waals surface area contributed by atoms with E-state index in [1.165, 1.54) is 25.4 Å². The predicted molar refractivity (Wildman–Crippen MR) is 82.9 cm³/mol. The minimum Gasteiger partial charge on any atom is -0.303 e. The van der Waals surface area contributed by atoms with Crippen LogP contribution < -0.4 is 0 Å². The monoisotopic (exact) mass is 291 g/mol. The average Bonchev–Trinajstić information content (AvgIpc) is 2.99. The zero-order valence-electron chi connectivity index (χ0n) is 13.4. The summed E-state index contributed by atoms with van der Waals surface area (Å²) in [5.41, 5.74) is 0. The lowest BCUT2D eigenvalue weighted by Gasteiger charge is -2.54. The van der Waals surface area contributed by atoms with Gasteiger partial charge >= 0.3 is 0 Å². The highest BCUT2D eigenvalue weighted by Gasteiger charge is 2.61. The number of rotatable bonds is 8. The van der Waals surface area contributed by atoms with Crippen molar-refractivity contribution >= 4 is 12.6 Å². The minimum absolute atomic E-state index is 0.113. The van der Waals surface area contributed by atoms with Crippen molar-refractivity contribution in [3.8, 4) is 0 Å². The van der Waals surface area contributed by atoms with Gasteiger partial charge in [0.2, 0.25) is 0 Å². The van der Waals surface area contributed by atoms with E-state index in [4.69, 9.17) is 0 Å². The number of fused-ring (bicyclic) bond motifs is 5. The van der Waals surface area contributed by atoms with Gasteiger partial charge in [-0.3, -0.25) is 4.90 Å². The molecule has 0 aliphatic heterocycles. The molecule has 0 aromatic carbocycles. The molecule has 0 aromatic rings. The summed E-state index contributed by atoms with van der Waals surface area (Å²) in [7, 11) is 0. The number of carbonyl (C=O) groups is 2. The fraction of sp³-hybridized carbons (Fsp3) is 0.889. The van der Waals surface area contributed by atoms with Crippen LogP contribution in [0.1, 0.15) is 52.4 Å². The van der Waals surface area contributed by atoms with Crippen molar-refractivity contribution in [2.75, 3.05) is 6.54 Å². The van der Waals surface area contributed by atoms with Gasteiger partial charge in [-0.2, -0.15) is 0 Å². The van der Waals surface area contributed by atoms with Gasteiger partial charge in [-0.05, 0) is 55.9 Å². The molecule has 0 aromatic heterocycles. The van der Waals surface area contributed by atoms with Crippen molar-refractivity contribution in [1.29, 1.82) is 0 Å². The van der Waals surface area contributed by atoms with E-state index in [1.54, 1.807) is 0 Å². The minimum atomic E-state index is 0.113. The molecule has 0 N–H and O–H groups in total. The maximum Gasteiger partial charge on any atom is 0.137 e. The summed E-state index contributed by atoms with van der Waals surface area (Å²) in [6.07, 6.45) is 9.30. The van der Waals surface area contributed by atoms with E-state index >= 15 is 0 Å². The molecule has 3 heteroatoms. The molecule has 3 aliphatic carbocycles. The van der Waals surface area contributed by atoms with Gasteiger partial charge in [-0.25, -0.2) is 0 Å². The summed E-state index contributed by atoms with van der Waals surface area (Å²) in [4.78, 5) is 25.2. The average molecular weight is 291 g/mol. The SMILES string of the molecule is CCCCC(C=O)N(CC)C1CC2C3CC(CC3C=O)C21. The molecule has 3 nitrogen and oxygen atoms in total. The van der Waals surface area contributed by atoms with E-state index in [0.29, 0.717) is 17.9 Å². The second-order valence-electron chi connectivity index (χ2n) is 7.42. The Balaban J connectivity index is 1.65. The van der Waals surface area contributed by atoms with E-state index in [1.807, 2.05) is 0 Å². The molecule has 0 heterocycles. The summed E-state index contributed by atoms with van der Waals surface area (Å²) >= 11 is 0. The Hall–Kier alpha value is -0.700. The van der Waals surface area contributed by atoms with E-state index in [0.717, 1.165) is 50.0 Å². The highest BCUT2D eigenvalue weighted by Crippen LogP contribution is 2.64. The lowest BCUT2D eigenvalue weighted by molar-refractivity contribution is -0.122. The Morgan fingerprint density at radius 1 is 1.14 bits per heavy atom. The largest absolute Gasteiger partial charge is 0.303 e. The van der Waals surface area contributed by atoms with Crippen LogP contribution in [0.3, 0.4) is 0 Å². The van der Waals surface area contributed by atoms with Gasteiger partial charge in [-0.15, -0.1) is 0 Å². The molecule has 0 saturated heterocycles. The van der Waals surface area contributed by atoms with Crippen molar-refractivity contribution in [3.05, 3.63) is 0 Å². The molecule has 0 amide bonds. The Labute approximate surface area is 128 Å². The normalized spacial score (nSPS) is 41.7. The van der Waals surface area contributed by atoms with Crippen LogP contribution in [0.4, 0.5) is 0 Å². The van der Waals surface area contributed by atoms with Crippen LogP contribution in [0.25, 0.3) is 0 Å². The zero-order valence-corrected chi connectivity index (χ0v) is 13.4. The number of unbranched alkanes of at least 4 members (excludes halogenated alkanes) is 1. The smallest absolute Gasteiger partial charge is 0.137 e. The molecule has 118 valence electrons. The third kappa shape index (κ3) is 2.38. The van der Waals surface area contributed by atoms with Gasteiger partial charge in [0.15, 0.2) is 0 Å². The third-order valence-electron chi connectivity index (χ3n) is 6.65. The quantitative estimate of drug-likeness (QED) is 0.645. The fourth-order valence-corrected chi connectivity index (χ4v) is 5.71.